The molecule has 5 nitrogen and oxygen atoms in total. The average molecular weight is 419 g/mol. The van der Waals surface area contributed by atoms with Gasteiger partial charge in [0.15, 0.2) is 5.69 Å². The van der Waals surface area contributed by atoms with Gasteiger partial charge in [0.25, 0.3) is 5.91 Å². The zero-order valence-electron chi connectivity index (χ0n) is 17.3. The van der Waals surface area contributed by atoms with Crippen LogP contribution in [0.4, 0.5) is 5.69 Å². The summed E-state index contributed by atoms with van der Waals surface area (Å²) < 4.78 is 1.81. The monoisotopic (exact) mass is 419 g/mol. The highest BCUT2D eigenvalue weighted by Crippen LogP contribution is 2.39. The Bertz CT molecular complexity index is 1450. The minimum Gasteiger partial charge on any atom is -0.493 e. The van der Waals surface area contributed by atoms with Gasteiger partial charge in [0.2, 0.25) is 5.88 Å². The number of para-hydroxylation sites is 1. The van der Waals surface area contributed by atoms with Crippen LogP contribution in [0.1, 0.15) is 11.1 Å². The number of rotatable bonds is 5. The lowest BCUT2D eigenvalue weighted by atomic mass is 10.0. The first kappa shape index (κ1) is 19.7. The first-order valence-corrected chi connectivity index (χ1v) is 10.5. The molecule has 1 N–H and O–H groups in total. The molecule has 0 fully saturated rings. The highest BCUT2D eigenvalue weighted by atomic mass is 16.3. The van der Waals surface area contributed by atoms with Crippen molar-refractivity contribution in [1.29, 1.82) is 0 Å². The van der Waals surface area contributed by atoms with Gasteiger partial charge in [0, 0.05) is 5.39 Å². The Hall–Kier alpha value is -4.25. The molecule has 0 spiro atoms. The van der Waals surface area contributed by atoms with Crippen molar-refractivity contribution >= 4 is 33.3 Å². The first-order valence-electron chi connectivity index (χ1n) is 10.5. The van der Waals surface area contributed by atoms with Crippen molar-refractivity contribution in [2.75, 3.05) is 0 Å². The van der Waals surface area contributed by atoms with Gasteiger partial charge in [-0.15, -0.1) is 10.2 Å². The predicted octanol–water partition coefficient (Wildman–Crippen LogP) is 6.40. The van der Waals surface area contributed by atoms with Crippen molar-refractivity contribution in [3.05, 3.63) is 108 Å². The van der Waals surface area contributed by atoms with E-state index in [-0.39, 0.29) is 18.2 Å². The molecule has 0 saturated heterocycles. The topological polar surface area (TPSA) is 66.9 Å². The van der Waals surface area contributed by atoms with E-state index in [1.165, 1.54) is 0 Å². The number of benzene rings is 4. The highest BCUT2D eigenvalue weighted by molar-refractivity contribution is 5.95. The Labute approximate surface area is 185 Å². The molecule has 4 aromatic carbocycles. The molecule has 5 heteroatoms. The van der Waals surface area contributed by atoms with Gasteiger partial charge < -0.3 is 9.67 Å². The molecule has 32 heavy (non-hydrogen) atoms. The van der Waals surface area contributed by atoms with Crippen molar-refractivity contribution in [3.8, 4) is 5.88 Å². The SMILES string of the molecule is O=C(Cc1ccccc1)N=Nc1c(O)n(Cc2cccc3ccccc23)c2ccccc12. The van der Waals surface area contributed by atoms with Crippen LogP contribution in [0.2, 0.25) is 0 Å². The second-order valence-corrected chi connectivity index (χ2v) is 7.67. The Kier molecular flexibility index (Phi) is 5.22. The minimum absolute atomic E-state index is 0.00426. The number of azo groups is 1. The molecule has 0 saturated carbocycles. The minimum atomic E-state index is -0.360. The third kappa shape index (κ3) is 3.76. The maximum Gasteiger partial charge on any atom is 0.269 e. The summed E-state index contributed by atoms with van der Waals surface area (Å²) in [6.45, 7) is 0.473. The summed E-state index contributed by atoms with van der Waals surface area (Å²) in [6, 6.07) is 31.4. The average Bonchev–Trinajstić information content (AvgIpc) is 3.09. The van der Waals surface area contributed by atoms with E-state index in [9.17, 15) is 9.90 Å². The molecule has 5 aromatic rings. The maximum atomic E-state index is 12.3. The molecule has 1 aromatic heterocycles. The summed E-state index contributed by atoms with van der Waals surface area (Å²) in [7, 11) is 0. The van der Waals surface area contributed by atoms with Crippen LogP contribution < -0.4 is 0 Å². The fourth-order valence-electron chi connectivity index (χ4n) is 4.04. The summed E-state index contributed by atoms with van der Waals surface area (Å²) in [4.78, 5) is 12.3. The summed E-state index contributed by atoms with van der Waals surface area (Å²) >= 11 is 0. The molecule has 5 rings (SSSR count). The summed E-state index contributed by atoms with van der Waals surface area (Å²) in [5.74, 6) is -0.364. The highest BCUT2D eigenvalue weighted by Gasteiger charge is 2.17. The van der Waals surface area contributed by atoms with Crippen molar-refractivity contribution in [3.63, 3.8) is 0 Å². The molecule has 0 bridgehead atoms. The fourth-order valence-corrected chi connectivity index (χ4v) is 4.04. The van der Waals surface area contributed by atoms with Crippen molar-refractivity contribution < 1.29 is 9.90 Å². The van der Waals surface area contributed by atoms with E-state index in [4.69, 9.17) is 0 Å². The molecule has 0 aliphatic rings. The van der Waals surface area contributed by atoms with E-state index in [0.29, 0.717) is 12.2 Å². The Morgan fingerprint density at radius 3 is 2.31 bits per heavy atom. The molecule has 0 atom stereocenters. The van der Waals surface area contributed by atoms with Crippen LogP contribution in [-0.2, 0) is 17.8 Å². The van der Waals surface area contributed by atoms with Gasteiger partial charge in [-0.1, -0.05) is 91.0 Å². The van der Waals surface area contributed by atoms with Gasteiger partial charge in [-0.2, -0.15) is 0 Å². The van der Waals surface area contributed by atoms with Crippen LogP contribution in [0.5, 0.6) is 5.88 Å². The number of hydrogen-bond donors (Lipinski definition) is 1. The third-order valence-electron chi connectivity index (χ3n) is 5.59. The molecule has 0 radical (unpaired) electrons. The molecule has 1 amide bonds. The molecular weight excluding hydrogens is 398 g/mol. The van der Waals surface area contributed by atoms with Gasteiger partial charge in [-0.3, -0.25) is 4.79 Å². The number of fused-ring (bicyclic) bond motifs is 2. The van der Waals surface area contributed by atoms with Crippen LogP contribution in [0.3, 0.4) is 0 Å². The molecular formula is C27H21N3O2. The van der Waals surface area contributed by atoms with Gasteiger partial charge in [0.05, 0.1) is 18.5 Å². The van der Waals surface area contributed by atoms with Gasteiger partial charge in [0.1, 0.15) is 0 Å². The zero-order valence-corrected chi connectivity index (χ0v) is 17.3. The number of carbonyl (C=O) groups excluding carboxylic acids is 1. The van der Waals surface area contributed by atoms with Crippen LogP contribution in [0, 0.1) is 0 Å². The maximum absolute atomic E-state index is 12.3. The number of hydrogen-bond acceptors (Lipinski definition) is 3. The Morgan fingerprint density at radius 2 is 1.47 bits per heavy atom. The summed E-state index contributed by atoms with van der Waals surface area (Å²) in [5.41, 5.74) is 3.10. The molecule has 156 valence electrons. The molecule has 0 unspecified atom stereocenters. The zero-order chi connectivity index (χ0) is 21.9. The van der Waals surface area contributed by atoms with E-state index < -0.39 is 0 Å². The largest absolute Gasteiger partial charge is 0.493 e. The third-order valence-corrected chi connectivity index (χ3v) is 5.59. The smallest absolute Gasteiger partial charge is 0.269 e. The number of nitrogens with zero attached hydrogens (tertiary/aromatic N) is 3. The number of carbonyl (C=O) groups is 1. The quantitative estimate of drug-likeness (QED) is 0.335. The predicted molar refractivity (Wildman–Crippen MR) is 126 cm³/mol. The van der Waals surface area contributed by atoms with Crippen molar-refractivity contribution in [1.82, 2.24) is 4.57 Å². The normalized spacial score (nSPS) is 11.5. The van der Waals surface area contributed by atoms with Crippen LogP contribution in [0.25, 0.3) is 21.7 Å². The fraction of sp³-hybridized carbons (Fsp3) is 0.0741. The van der Waals surface area contributed by atoms with Crippen molar-refractivity contribution in [2.24, 2.45) is 10.2 Å². The lowest BCUT2D eigenvalue weighted by molar-refractivity contribution is -0.117. The second kappa shape index (κ2) is 8.47. The summed E-state index contributed by atoms with van der Waals surface area (Å²) in [6.07, 6.45) is 0.166. The van der Waals surface area contributed by atoms with Gasteiger partial charge in [-0.05, 0) is 28.0 Å². The first-order chi connectivity index (χ1) is 15.7. The van der Waals surface area contributed by atoms with E-state index in [1.807, 2.05) is 77.4 Å². The molecule has 0 aliphatic heterocycles. The number of aromatic hydroxyl groups is 1. The van der Waals surface area contributed by atoms with Gasteiger partial charge in [-0.25, -0.2) is 0 Å². The molecule has 0 aliphatic carbocycles. The summed E-state index contributed by atoms with van der Waals surface area (Å²) in [5, 5.41) is 22.1. The Morgan fingerprint density at radius 1 is 0.781 bits per heavy atom. The van der Waals surface area contributed by atoms with E-state index in [1.54, 1.807) is 0 Å². The number of amides is 1. The standard InChI is InChI=1S/C27H21N3O2/c31-25(17-19-9-2-1-3-10-19)28-29-26-23-15-6-7-16-24(23)30(27(26)32)18-21-13-8-12-20-11-4-5-14-22(20)21/h1-16,32H,17-18H2. The lowest BCUT2D eigenvalue weighted by Crippen LogP contribution is -1.99. The number of aromatic nitrogens is 1. The van der Waals surface area contributed by atoms with Crippen LogP contribution in [-0.4, -0.2) is 15.6 Å². The van der Waals surface area contributed by atoms with Gasteiger partial charge >= 0.3 is 0 Å². The van der Waals surface area contributed by atoms with E-state index in [0.717, 1.165) is 32.8 Å². The van der Waals surface area contributed by atoms with E-state index >= 15 is 0 Å². The second-order valence-electron chi connectivity index (χ2n) is 7.67. The Balaban J connectivity index is 1.51. The molecule has 1 heterocycles. The van der Waals surface area contributed by atoms with E-state index in [2.05, 4.69) is 34.5 Å². The van der Waals surface area contributed by atoms with Crippen LogP contribution >= 0.6 is 0 Å². The van der Waals surface area contributed by atoms with Crippen molar-refractivity contribution in [2.45, 2.75) is 13.0 Å². The lowest BCUT2D eigenvalue weighted by Gasteiger charge is -2.10. The van der Waals surface area contributed by atoms with Crippen LogP contribution in [0.15, 0.2) is 107 Å².